The van der Waals surface area contributed by atoms with Crippen LogP contribution in [0.4, 0.5) is 5.69 Å². The van der Waals surface area contributed by atoms with Crippen LogP contribution in [0.15, 0.2) is 54.6 Å². The predicted octanol–water partition coefficient (Wildman–Crippen LogP) is 3.16. The van der Waals surface area contributed by atoms with E-state index in [0.717, 1.165) is 17.1 Å². The first kappa shape index (κ1) is 13.3. The minimum Gasteiger partial charge on any atom is -0.508 e. The van der Waals surface area contributed by atoms with E-state index in [0.29, 0.717) is 16.3 Å². The number of hydrogen-bond donors (Lipinski definition) is 2. The Balaban J connectivity index is 1.86. The average molecular weight is 297 g/mol. The van der Waals surface area contributed by atoms with Crippen molar-refractivity contribution in [3.63, 3.8) is 0 Å². The Morgan fingerprint density at radius 1 is 1.05 bits per heavy atom. The van der Waals surface area contributed by atoms with Gasteiger partial charge in [-0.2, -0.15) is 0 Å². The number of aromatic hydroxyl groups is 1. The van der Waals surface area contributed by atoms with E-state index in [9.17, 15) is 9.90 Å². The van der Waals surface area contributed by atoms with Crippen molar-refractivity contribution in [3.8, 4) is 17.0 Å². The van der Waals surface area contributed by atoms with E-state index >= 15 is 0 Å². The molecule has 0 saturated heterocycles. The topological polar surface area (TPSA) is 75.1 Å². The molecule has 0 spiro atoms. The normalized spacial score (nSPS) is 10.3. The van der Waals surface area contributed by atoms with Crippen LogP contribution >= 0.6 is 11.5 Å². The zero-order valence-electron chi connectivity index (χ0n) is 10.9. The molecule has 3 rings (SSSR count). The molecule has 0 bridgehead atoms. The third kappa shape index (κ3) is 2.90. The Hall–Kier alpha value is -2.73. The molecular formula is C15H11N3O2S. The molecule has 1 amide bonds. The maximum atomic E-state index is 12.3. The van der Waals surface area contributed by atoms with Crippen molar-refractivity contribution >= 4 is 23.1 Å². The van der Waals surface area contributed by atoms with Gasteiger partial charge in [0.1, 0.15) is 16.3 Å². The summed E-state index contributed by atoms with van der Waals surface area (Å²) in [6.45, 7) is 0. The van der Waals surface area contributed by atoms with Crippen LogP contribution in [0.3, 0.4) is 0 Å². The van der Waals surface area contributed by atoms with Gasteiger partial charge in [-0.05, 0) is 35.8 Å². The SMILES string of the molecule is O=C(Nc1ccc(O)cc1)c1snnc1-c1ccccc1. The van der Waals surface area contributed by atoms with Gasteiger partial charge in [0.05, 0.1) is 0 Å². The molecule has 2 aromatic carbocycles. The van der Waals surface area contributed by atoms with Crippen LogP contribution < -0.4 is 5.32 Å². The molecule has 104 valence electrons. The number of carbonyl (C=O) groups excluding carboxylic acids is 1. The lowest BCUT2D eigenvalue weighted by atomic mass is 10.1. The highest BCUT2D eigenvalue weighted by Crippen LogP contribution is 2.24. The quantitative estimate of drug-likeness (QED) is 0.728. The van der Waals surface area contributed by atoms with Crippen molar-refractivity contribution in [1.82, 2.24) is 9.59 Å². The monoisotopic (exact) mass is 297 g/mol. The maximum Gasteiger partial charge on any atom is 0.269 e. The number of rotatable bonds is 3. The van der Waals surface area contributed by atoms with E-state index in [2.05, 4.69) is 14.9 Å². The van der Waals surface area contributed by atoms with Crippen LogP contribution in [0.25, 0.3) is 11.3 Å². The number of nitrogens with one attached hydrogen (secondary N) is 1. The largest absolute Gasteiger partial charge is 0.508 e. The van der Waals surface area contributed by atoms with Crippen LogP contribution in [0, 0.1) is 0 Å². The highest BCUT2D eigenvalue weighted by molar-refractivity contribution is 7.08. The minimum absolute atomic E-state index is 0.150. The van der Waals surface area contributed by atoms with E-state index < -0.39 is 0 Å². The molecule has 0 aliphatic heterocycles. The second-order valence-corrected chi connectivity index (χ2v) is 5.07. The summed E-state index contributed by atoms with van der Waals surface area (Å²) in [6, 6.07) is 15.7. The number of amides is 1. The van der Waals surface area contributed by atoms with E-state index in [4.69, 9.17) is 0 Å². The Labute approximate surface area is 125 Å². The Bertz CT molecular complexity index is 754. The molecule has 0 aliphatic rings. The number of anilines is 1. The zero-order chi connectivity index (χ0) is 14.7. The van der Waals surface area contributed by atoms with Gasteiger partial charge in [-0.15, -0.1) is 5.10 Å². The van der Waals surface area contributed by atoms with Crippen molar-refractivity contribution < 1.29 is 9.90 Å². The molecule has 1 heterocycles. The zero-order valence-corrected chi connectivity index (χ0v) is 11.7. The first-order valence-corrected chi connectivity index (χ1v) is 6.99. The molecule has 0 radical (unpaired) electrons. The Morgan fingerprint density at radius 2 is 1.76 bits per heavy atom. The van der Waals surface area contributed by atoms with Crippen molar-refractivity contribution in [2.24, 2.45) is 0 Å². The fraction of sp³-hybridized carbons (Fsp3) is 0. The average Bonchev–Trinajstić information content (AvgIpc) is 3.00. The van der Waals surface area contributed by atoms with Crippen LogP contribution in [0.2, 0.25) is 0 Å². The summed E-state index contributed by atoms with van der Waals surface area (Å²) < 4.78 is 3.87. The van der Waals surface area contributed by atoms with Crippen molar-refractivity contribution in [1.29, 1.82) is 0 Å². The molecule has 6 heteroatoms. The van der Waals surface area contributed by atoms with Crippen LogP contribution in [0.5, 0.6) is 5.75 Å². The van der Waals surface area contributed by atoms with Gasteiger partial charge >= 0.3 is 0 Å². The van der Waals surface area contributed by atoms with Crippen molar-refractivity contribution in [2.75, 3.05) is 5.32 Å². The summed E-state index contributed by atoms with van der Waals surface area (Å²) in [4.78, 5) is 12.8. The molecule has 0 atom stereocenters. The molecular weight excluding hydrogens is 286 g/mol. The molecule has 3 aromatic rings. The summed E-state index contributed by atoms with van der Waals surface area (Å²) in [5, 5.41) is 16.0. The van der Waals surface area contributed by atoms with Gasteiger partial charge in [-0.3, -0.25) is 4.79 Å². The number of carbonyl (C=O) groups is 1. The fourth-order valence-electron chi connectivity index (χ4n) is 1.86. The lowest BCUT2D eigenvalue weighted by molar-refractivity contribution is 0.103. The highest BCUT2D eigenvalue weighted by Gasteiger charge is 2.17. The molecule has 2 N–H and O–H groups in total. The molecule has 21 heavy (non-hydrogen) atoms. The number of benzene rings is 2. The third-order valence-corrected chi connectivity index (χ3v) is 3.59. The summed E-state index contributed by atoms with van der Waals surface area (Å²) in [5.41, 5.74) is 2.02. The number of aromatic nitrogens is 2. The fourth-order valence-corrected chi connectivity index (χ4v) is 2.44. The number of hydrogen-bond acceptors (Lipinski definition) is 5. The number of nitrogens with zero attached hydrogens (tertiary/aromatic N) is 2. The minimum atomic E-state index is -0.269. The van der Waals surface area contributed by atoms with E-state index in [1.165, 1.54) is 12.1 Å². The second kappa shape index (κ2) is 5.72. The number of phenolic OH excluding ortho intramolecular Hbond substituents is 1. The van der Waals surface area contributed by atoms with Crippen molar-refractivity contribution in [2.45, 2.75) is 0 Å². The van der Waals surface area contributed by atoms with Gasteiger partial charge in [-0.1, -0.05) is 34.8 Å². The number of phenols is 1. The van der Waals surface area contributed by atoms with Gasteiger partial charge in [0.2, 0.25) is 0 Å². The molecule has 5 nitrogen and oxygen atoms in total. The summed E-state index contributed by atoms with van der Waals surface area (Å²) >= 11 is 1.05. The van der Waals surface area contributed by atoms with Crippen LogP contribution in [0.1, 0.15) is 9.67 Å². The Morgan fingerprint density at radius 3 is 2.48 bits per heavy atom. The van der Waals surface area contributed by atoms with Gasteiger partial charge in [0, 0.05) is 11.3 Å². The molecule has 1 aromatic heterocycles. The first-order valence-electron chi connectivity index (χ1n) is 6.22. The maximum absolute atomic E-state index is 12.3. The smallest absolute Gasteiger partial charge is 0.269 e. The van der Waals surface area contributed by atoms with E-state index in [1.807, 2.05) is 30.3 Å². The van der Waals surface area contributed by atoms with E-state index in [1.54, 1.807) is 12.1 Å². The van der Waals surface area contributed by atoms with Gasteiger partial charge in [-0.25, -0.2) is 0 Å². The standard InChI is InChI=1S/C15H11N3O2S/c19-12-8-6-11(7-9-12)16-15(20)14-13(17-18-21-14)10-4-2-1-3-5-10/h1-9,19H,(H,16,20). The van der Waals surface area contributed by atoms with E-state index in [-0.39, 0.29) is 11.7 Å². The highest BCUT2D eigenvalue weighted by atomic mass is 32.1. The second-order valence-electron chi connectivity index (χ2n) is 4.32. The van der Waals surface area contributed by atoms with Crippen LogP contribution in [-0.2, 0) is 0 Å². The summed E-state index contributed by atoms with van der Waals surface area (Å²) in [6.07, 6.45) is 0. The molecule has 0 saturated carbocycles. The summed E-state index contributed by atoms with van der Waals surface area (Å²) in [7, 11) is 0. The van der Waals surface area contributed by atoms with Gasteiger partial charge < -0.3 is 10.4 Å². The first-order chi connectivity index (χ1) is 10.2. The lowest BCUT2D eigenvalue weighted by Crippen LogP contribution is -2.11. The Kier molecular flexibility index (Phi) is 3.61. The summed E-state index contributed by atoms with van der Waals surface area (Å²) in [5.74, 6) is -0.119. The molecule has 0 unspecified atom stereocenters. The lowest BCUT2D eigenvalue weighted by Gasteiger charge is -2.04. The van der Waals surface area contributed by atoms with Crippen molar-refractivity contribution in [3.05, 3.63) is 59.5 Å². The van der Waals surface area contributed by atoms with Gasteiger partial charge in [0.15, 0.2) is 0 Å². The molecule has 0 fully saturated rings. The van der Waals surface area contributed by atoms with Gasteiger partial charge in [0.25, 0.3) is 5.91 Å². The third-order valence-electron chi connectivity index (χ3n) is 2.87. The van der Waals surface area contributed by atoms with Crippen LogP contribution in [-0.4, -0.2) is 20.6 Å². The molecule has 0 aliphatic carbocycles. The predicted molar refractivity (Wildman–Crippen MR) is 81.4 cm³/mol.